The van der Waals surface area contributed by atoms with Crippen molar-refractivity contribution >= 4 is 0 Å². The maximum absolute atomic E-state index is 5.51. The first-order valence-corrected chi connectivity index (χ1v) is 11.6. The Balaban J connectivity index is 2.98. The van der Waals surface area contributed by atoms with Gasteiger partial charge in [-0.1, -0.05) is 32.3 Å². The van der Waals surface area contributed by atoms with Gasteiger partial charge in [-0.2, -0.15) is 0 Å². The third-order valence-electron chi connectivity index (χ3n) is 3.98. The molecule has 0 heterocycles. The van der Waals surface area contributed by atoms with Crippen molar-refractivity contribution in [3.63, 3.8) is 0 Å². The van der Waals surface area contributed by atoms with E-state index in [0.717, 1.165) is 13.0 Å². The van der Waals surface area contributed by atoms with Gasteiger partial charge in [0.15, 0.2) is 0 Å². The number of hydrogen-bond acceptors (Lipinski definition) is 8. The summed E-state index contributed by atoms with van der Waals surface area (Å²) >= 11 is 0. The minimum atomic E-state index is 0.544. The second-order valence-corrected chi connectivity index (χ2v) is 6.71. The SMILES string of the molecule is C=CCOCCOCCOCCOCCOCCOCCOCCOCCCCCC. The van der Waals surface area contributed by atoms with Crippen LogP contribution in [0, 0.1) is 0 Å². The van der Waals surface area contributed by atoms with Crippen LogP contribution >= 0.6 is 0 Å². The Kier molecular flexibility index (Phi) is 28.9. The summed E-state index contributed by atoms with van der Waals surface area (Å²) in [6.45, 7) is 15.1. The first kappa shape index (κ1) is 30.4. The van der Waals surface area contributed by atoms with Crippen molar-refractivity contribution in [2.45, 2.75) is 32.6 Å². The highest BCUT2D eigenvalue weighted by molar-refractivity contribution is 4.63. The third kappa shape index (κ3) is 29.4. The quantitative estimate of drug-likeness (QED) is 0.133. The average molecular weight is 451 g/mol. The van der Waals surface area contributed by atoms with Crippen LogP contribution in [-0.2, 0) is 37.9 Å². The lowest BCUT2D eigenvalue weighted by Crippen LogP contribution is -2.15. The molecule has 0 radical (unpaired) electrons. The third-order valence-corrected chi connectivity index (χ3v) is 3.98. The summed E-state index contributed by atoms with van der Waals surface area (Å²) in [6.07, 6.45) is 6.64. The Morgan fingerprint density at radius 3 is 1.06 bits per heavy atom. The van der Waals surface area contributed by atoms with Crippen LogP contribution in [0.15, 0.2) is 12.7 Å². The van der Waals surface area contributed by atoms with Gasteiger partial charge in [-0.3, -0.25) is 0 Å². The van der Waals surface area contributed by atoms with Gasteiger partial charge in [0.1, 0.15) is 0 Å². The van der Waals surface area contributed by atoms with Crippen molar-refractivity contribution < 1.29 is 37.9 Å². The molecule has 0 aliphatic rings. The Bertz CT molecular complexity index is 331. The van der Waals surface area contributed by atoms with E-state index in [1.807, 2.05) is 0 Å². The summed E-state index contributed by atoms with van der Waals surface area (Å²) in [5.74, 6) is 0. The molecule has 186 valence electrons. The van der Waals surface area contributed by atoms with Gasteiger partial charge in [0.2, 0.25) is 0 Å². The normalized spacial score (nSPS) is 11.3. The molecular formula is C23H46O8. The number of unbranched alkanes of at least 4 members (excludes halogenated alkanes) is 3. The molecule has 0 aliphatic heterocycles. The van der Waals surface area contributed by atoms with Crippen LogP contribution in [0.2, 0.25) is 0 Å². The second-order valence-electron chi connectivity index (χ2n) is 6.71. The molecule has 8 heteroatoms. The molecule has 0 atom stereocenters. The van der Waals surface area contributed by atoms with E-state index in [9.17, 15) is 0 Å². The maximum atomic E-state index is 5.51. The summed E-state index contributed by atoms with van der Waals surface area (Å²) in [7, 11) is 0. The molecule has 0 aromatic rings. The van der Waals surface area contributed by atoms with E-state index in [1.165, 1.54) is 19.3 Å². The van der Waals surface area contributed by atoms with E-state index >= 15 is 0 Å². The lowest BCUT2D eigenvalue weighted by molar-refractivity contribution is -0.0226. The molecule has 31 heavy (non-hydrogen) atoms. The first-order chi connectivity index (χ1) is 15.4. The van der Waals surface area contributed by atoms with E-state index in [0.29, 0.717) is 99.1 Å². The monoisotopic (exact) mass is 450 g/mol. The van der Waals surface area contributed by atoms with Crippen molar-refractivity contribution in [1.29, 1.82) is 0 Å². The Morgan fingerprint density at radius 2 is 0.742 bits per heavy atom. The van der Waals surface area contributed by atoms with Crippen molar-refractivity contribution in [2.24, 2.45) is 0 Å². The predicted octanol–water partition coefficient (Wildman–Crippen LogP) is 2.89. The van der Waals surface area contributed by atoms with E-state index < -0.39 is 0 Å². The molecule has 0 fully saturated rings. The zero-order valence-electron chi connectivity index (χ0n) is 19.7. The zero-order valence-corrected chi connectivity index (χ0v) is 19.7. The van der Waals surface area contributed by atoms with E-state index in [2.05, 4.69) is 13.5 Å². The van der Waals surface area contributed by atoms with Crippen molar-refractivity contribution in [2.75, 3.05) is 106 Å². The van der Waals surface area contributed by atoms with Gasteiger partial charge in [0.05, 0.1) is 99.1 Å². The van der Waals surface area contributed by atoms with Gasteiger partial charge < -0.3 is 37.9 Å². The topological polar surface area (TPSA) is 73.8 Å². The Morgan fingerprint density at radius 1 is 0.419 bits per heavy atom. The summed E-state index contributed by atoms with van der Waals surface area (Å²) in [5, 5.41) is 0. The van der Waals surface area contributed by atoms with E-state index in [4.69, 9.17) is 37.9 Å². The highest BCUT2D eigenvalue weighted by Crippen LogP contribution is 1.98. The number of rotatable bonds is 28. The Hall–Kier alpha value is -0.580. The summed E-state index contributed by atoms with van der Waals surface area (Å²) in [5.41, 5.74) is 0. The van der Waals surface area contributed by atoms with Crippen LogP contribution in [0.1, 0.15) is 32.6 Å². The lowest BCUT2D eigenvalue weighted by Gasteiger charge is -2.08. The predicted molar refractivity (Wildman–Crippen MR) is 121 cm³/mol. The Labute approximate surface area is 189 Å². The minimum absolute atomic E-state index is 0.544. The maximum Gasteiger partial charge on any atom is 0.0704 e. The van der Waals surface area contributed by atoms with Crippen LogP contribution in [0.25, 0.3) is 0 Å². The molecule has 0 saturated carbocycles. The largest absolute Gasteiger partial charge is 0.379 e. The highest BCUT2D eigenvalue weighted by atomic mass is 16.6. The molecule has 0 rings (SSSR count). The smallest absolute Gasteiger partial charge is 0.0704 e. The molecule has 0 saturated heterocycles. The molecular weight excluding hydrogens is 404 g/mol. The molecule has 0 N–H and O–H groups in total. The van der Waals surface area contributed by atoms with Crippen molar-refractivity contribution in [3.05, 3.63) is 12.7 Å². The van der Waals surface area contributed by atoms with Crippen LogP contribution in [0.3, 0.4) is 0 Å². The molecule has 0 unspecified atom stereocenters. The standard InChI is InChI=1S/C23H46O8/c1-3-5-6-7-9-25-11-13-27-15-17-29-19-21-31-23-22-30-20-18-28-16-14-26-12-10-24-8-4-2/h4H,2-3,5-23H2,1H3. The van der Waals surface area contributed by atoms with Crippen LogP contribution in [-0.4, -0.2) is 106 Å². The van der Waals surface area contributed by atoms with Crippen molar-refractivity contribution in [3.8, 4) is 0 Å². The molecule has 8 nitrogen and oxygen atoms in total. The number of hydrogen-bond donors (Lipinski definition) is 0. The van der Waals surface area contributed by atoms with Gasteiger partial charge >= 0.3 is 0 Å². The second kappa shape index (κ2) is 29.4. The molecule has 0 aliphatic carbocycles. The highest BCUT2D eigenvalue weighted by Gasteiger charge is 1.95. The molecule has 0 aromatic heterocycles. The zero-order chi connectivity index (χ0) is 22.5. The molecule has 0 spiro atoms. The van der Waals surface area contributed by atoms with Crippen LogP contribution in [0.5, 0.6) is 0 Å². The first-order valence-electron chi connectivity index (χ1n) is 11.6. The van der Waals surface area contributed by atoms with E-state index in [-0.39, 0.29) is 0 Å². The molecule has 0 bridgehead atoms. The minimum Gasteiger partial charge on any atom is -0.379 e. The van der Waals surface area contributed by atoms with Crippen LogP contribution < -0.4 is 0 Å². The van der Waals surface area contributed by atoms with Crippen LogP contribution in [0.4, 0.5) is 0 Å². The van der Waals surface area contributed by atoms with Gasteiger partial charge in [0, 0.05) is 6.61 Å². The van der Waals surface area contributed by atoms with Gasteiger partial charge in [-0.25, -0.2) is 0 Å². The summed E-state index contributed by atoms with van der Waals surface area (Å²) < 4.78 is 43.2. The average Bonchev–Trinajstić information content (AvgIpc) is 2.78. The fourth-order valence-corrected chi connectivity index (χ4v) is 2.34. The molecule has 0 amide bonds. The molecule has 0 aromatic carbocycles. The fraction of sp³-hybridized carbons (Fsp3) is 0.913. The van der Waals surface area contributed by atoms with Gasteiger partial charge in [-0.05, 0) is 6.42 Å². The lowest BCUT2D eigenvalue weighted by atomic mass is 10.2. The summed E-state index contributed by atoms with van der Waals surface area (Å²) in [6, 6.07) is 0. The number of ether oxygens (including phenoxy) is 8. The van der Waals surface area contributed by atoms with Crippen molar-refractivity contribution in [1.82, 2.24) is 0 Å². The summed E-state index contributed by atoms with van der Waals surface area (Å²) in [4.78, 5) is 0. The van der Waals surface area contributed by atoms with Gasteiger partial charge in [0.25, 0.3) is 0 Å². The van der Waals surface area contributed by atoms with Gasteiger partial charge in [-0.15, -0.1) is 6.58 Å². The fourth-order valence-electron chi connectivity index (χ4n) is 2.34. The van der Waals surface area contributed by atoms with E-state index in [1.54, 1.807) is 6.08 Å².